The monoisotopic (exact) mass is 681 g/mol. The molecular formula is C25H27N7O12S2. The molecule has 0 radical (unpaired) electrons. The normalized spacial score (nSPS) is 19.9. The van der Waals surface area contributed by atoms with Gasteiger partial charge in [-0.3, -0.25) is 34.4 Å². The number of ketones is 1. The average Bonchev–Trinajstić information content (AvgIpc) is 3.42. The number of aliphatic hydroxyl groups excluding tert-OH is 1. The maximum atomic E-state index is 13.3. The van der Waals surface area contributed by atoms with Crippen LogP contribution in [0.4, 0.5) is 9.93 Å². The van der Waals surface area contributed by atoms with Gasteiger partial charge in [0.2, 0.25) is 23.2 Å². The lowest BCUT2D eigenvalue weighted by Gasteiger charge is -2.49. The number of fused-ring (bicyclic) bond motifs is 1. The van der Waals surface area contributed by atoms with Gasteiger partial charge in [0.1, 0.15) is 17.1 Å². The van der Waals surface area contributed by atoms with Gasteiger partial charge in [-0.15, -0.1) is 23.1 Å². The number of nitrogens with zero attached hydrogens (tertiary/aromatic N) is 3. The number of rotatable bonds is 12. The van der Waals surface area contributed by atoms with E-state index in [2.05, 4.69) is 26.3 Å². The number of aliphatic hydroxyl groups is 1. The summed E-state index contributed by atoms with van der Waals surface area (Å²) in [5, 5.41) is 37.9. The molecule has 3 amide bonds. The number of hydroxylamine groups is 1. The minimum atomic E-state index is -1.82. The highest BCUT2D eigenvalue weighted by atomic mass is 32.2. The number of nitrogens with two attached hydrogens (primary N) is 1. The number of carboxylic acid groups (broad SMARTS) is 2. The Morgan fingerprint density at radius 1 is 1.24 bits per heavy atom. The van der Waals surface area contributed by atoms with Gasteiger partial charge in [-0.25, -0.2) is 14.6 Å². The van der Waals surface area contributed by atoms with E-state index >= 15 is 0 Å². The molecule has 1 aliphatic carbocycles. The van der Waals surface area contributed by atoms with Crippen molar-refractivity contribution in [2.24, 2.45) is 5.16 Å². The van der Waals surface area contributed by atoms with Gasteiger partial charge in [-0.2, -0.15) is 0 Å². The highest BCUT2D eigenvalue weighted by Crippen LogP contribution is 2.40. The molecule has 4 rings (SSSR count). The Labute approximate surface area is 267 Å². The first-order valence-electron chi connectivity index (χ1n) is 13.0. The summed E-state index contributed by atoms with van der Waals surface area (Å²) in [7, 11) is 1.25. The Bertz CT molecular complexity index is 1630. The Kier molecular flexibility index (Phi) is 9.87. The Morgan fingerprint density at radius 3 is 2.57 bits per heavy atom. The first kappa shape index (κ1) is 33.7. The van der Waals surface area contributed by atoms with E-state index in [1.165, 1.54) is 26.3 Å². The van der Waals surface area contributed by atoms with Gasteiger partial charge >= 0.3 is 12.1 Å². The van der Waals surface area contributed by atoms with Gasteiger partial charge in [0.05, 0.1) is 12.8 Å². The van der Waals surface area contributed by atoms with Crippen molar-refractivity contribution in [1.29, 1.82) is 0 Å². The zero-order valence-electron chi connectivity index (χ0n) is 24.2. The molecule has 1 saturated heterocycles. The van der Waals surface area contributed by atoms with Crippen LogP contribution in [0.2, 0.25) is 0 Å². The van der Waals surface area contributed by atoms with E-state index in [-0.39, 0.29) is 52.3 Å². The maximum Gasteiger partial charge on any atom is 0.512 e. The lowest BCUT2D eigenvalue weighted by molar-refractivity contribution is -0.161. The van der Waals surface area contributed by atoms with E-state index < -0.39 is 64.1 Å². The molecule has 0 aromatic carbocycles. The number of carbonyl (C=O) groups is 6. The van der Waals surface area contributed by atoms with Crippen molar-refractivity contribution in [1.82, 2.24) is 26.0 Å². The number of carbonyl (C=O) groups excluding carboxylic acids is 4. The number of carboxylic acids is 1. The summed E-state index contributed by atoms with van der Waals surface area (Å²) in [4.78, 5) is 89.1. The number of hydrogen-bond acceptors (Lipinski definition) is 16. The number of anilines is 1. The molecule has 19 nitrogen and oxygen atoms in total. The van der Waals surface area contributed by atoms with Gasteiger partial charge in [-0.1, -0.05) is 5.16 Å². The highest BCUT2D eigenvalue weighted by molar-refractivity contribution is 8.00. The van der Waals surface area contributed by atoms with E-state index in [0.29, 0.717) is 0 Å². The van der Waals surface area contributed by atoms with Crippen molar-refractivity contribution in [3.8, 4) is 0 Å². The van der Waals surface area contributed by atoms with Crippen LogP contribution in [0.15, 0.2) is 45.1 Å². The lowest BCUT2D eigenvalue weighted by Crippen LogP contribution is -2.70. The number of aliphatic carboxylic acids is 1. The third-order valence-electron chi connectivity index (χ3n) is 6.49. The standard InChI is InChI=1S/C25H27N7O12S2/c1-25(2,22(38)39)44-31-14(12-8-46-23(26)28-12)18(36)29-15-19(37)32-20(43-24(40)41)10(7-45-21(15)32)6-27-17(35)9-4-11(30-42-3)16(34)13(33)5-9/h5,8,15,21,30,34H,4,6-7H2,1-3H3,(H2,26,28)(H,27,35)(H,29,36)(H,38,39)(H,40,41)/b31-14-/t15?,21-/m0/s1. The van der Waals surface area contributed by atoms with Gasteiger partial charge in [0.15, 0.2) is 16.6 Å². The fourth-order valence-corrected chi connectivity index (χ4v) is 5.97. The number of nitrogens with one attached hydrogen (secondary N) is 3. The smallest absolute Gasteiger partial charge is 0.503 e. The Hall–Kier alpha value is -5.15. The second kappa shape index (κ2) is 13.5. The summed E-state index contributed by atoms with van der Waals surface area (Å²) in [6, 6.07) is -1.20. The van der Waals surface area contributed by atoms with Gasteiger partial charge < -0.3 is 41.3 Å². The molecule has 0 bridgehead atoms. The first-order valence-corrected chi connectivity index (χ1v) is 14.9. The average molecular weight is 682 g/mol. The van der Waals surface area contributed by atoms with Crippen LogP contribution in [0.5, 0.6) is 0 Å². The van der Waals surface area contributed by atoms with E-state index in [1.54, 1.807) is 0 Å². The maximum absolute atomic E-state index is 13.3. The summed E-state index contributed by atoms with van der Waals surface area (Å²) in [6.45, 7) is 2.12. The van der Waals surface area contributed by atoms with Crippen LogP contribution in [0, 0.1) is 0 Å². The summed E-state index contributed by atoms with van der Waals surface area (Å²) in [6.07, 6.45) is -0.970. The van der Waals surface area contributed by atoms with E-state index in [1.807, 2.05) is 0 Å². The molecule has 1 unspecified atom stereocenters. The second-order valence-corrected chi connectivity index (χ2v) is 12.1. The van der Waals surface area contributed by atoms with Crippen molar-refractivity contribution in [3.05, 3.63) is 45.6 Å². The third kappa shape index (κ3) is 7.05. The van der Waals surface area contributed by atoms with Crippen LogP contribution < -0.4 is 21.8 Å². The number of hydrogen-bond donors (Lipinski definition) is 7. The number of amides is 3. The Balaban J connectivity index is 1.49. The number of nitrogen functional groups attached to an aromatic ring is 1. The predicted molar refractivity (Wildman–Crippen MR) is 158 cm³/mol. The number of β-lactam (4-membered cyclic amide) rings is 1. The number of ether oxygens (including phenoxy) is 1. The van der Waals surface area contributed by atoms with Gasteiger partial charge in [0, 0.05) is 35.2 Å². The van der Waals surface area contributed by atoms with E-state index in [9.17, 15) is 44.1 Å². The molecular weight excluding hydrogens is 654 g/mol. The topological polar surface area (TPSA) is 281 Å². The zero-order chi connectivity index (χ0) is 33.9. The minimum absolute atomic E-state index is 0.0251. The number of aromatic nitrogens is 1. The molecule has 246 valence electrons. The van der Waals surface area contributed by atoms with E-state index in [4.69, 9.17) is 20.1 Å². The van der Waals surface area contributed by atoms with Crippen molar-refractivity contribution in [2.45, 2.75) is 37.3 Å². The first-order chi connectivity index (χ1) is 21.6. The summed E-state index contributed by atoms with van der Waals surface area (Å²) < 4.78 is 4.90. The highest BCUT2D eigenvalue weighted by Gasteiger charge is 2.54. The molecule has 1 aromatic heterocycles. The number of thioether (sulfide) groups is 1. The number of thiazole rings is 1. The molecule has 46 heavy (non-hydrogen) atoms. The van der Waals surface area contributed by atoms with Crippen LogP contribution >= 0.6 is 23.1 Å². The SMILES string of the molecule is CONC1=C(O)C(=O)C=C(C(=O)NCC2=C(OC(=O)O)N3C(=O)C(NC(=O)/C(=N\OC(C)(C)C(=O)O)c4csc(N)n4)[C@@H]3SC2)C1. The molecule has 1 aromatic rings. The fourth-order valence-electron chi connectivity index (χ4n) is 4.10. The predicted octanol–water partition coefficient (Wildman–Crippen LogP) is -0.449. The fraction of sp³-hybridized carbons (Fsp3) is 0.360. The van der Waals surface area contributed by atoms with Gasteiger partial charge in [-0.05, 0) is 19.9 Å². The van der Waals surface area contributed by atoms with Crippen molar-refractivity contribution in [2.75, 3.05) is 25.1 Å². The molecule has 3 heterocycles. The largest absolute Gasteiger partial charge is 0.512 e. The van der Waals surface area contributed by atoms with Crippen LogP contribution in [-0.2, 0) is 38.4 Å². The minimum Gasteiger partial charge on any atom is -0.503 e. The summed E-state index contributed by atoms with van der Waals surface area (Å²) >= 11 is 2.10. The van der Waals surface area contributed by atoms with Crippen molar-refractivity contribution < 1.29 is 58.5 Å². The molecule has 0 saturated carbocycles. The Morgan fingerprint density at radius 2 is 1.96 bits per heavy atom. The molecule has 2 aliphatic heterocycles. The lowest BCUT2D eigenvalue weighted by atomic mass is 10.00. The summed E-state index contributed by atoms with van der Waals surface area (Å²) in [5.41, 5.74) is 5.82. The summed E-state index contributed by atoms with van der Waals surface area (Å²) in [5.74, 6) is -5.55. The number of oxime groups is 1. The molecule has 21 heteroatoms. The van der Waals surface area contributed by atoms with Crippen molar-refractivity contribution >= 4 is 69.6 Å². The molecule has 2 atom stereocenters. The third-order valence-corrected chi connectivity index (χ3v) is 8.51. The number of allylic oxidation sites excluding steroid dienone is 2. The van der Waals surface area contributed by atoms with Gasteiger partial charge in [0.25, 0.3) is 11.8 Å². The second-order valence-electron chi connectivity index (χ2n) is 10.1. The van der Waals surface area contributed by atoms with E-state index in [0.717, 1.165) is 34.1 Å². The molecule has 3 aliphatic rings. The van der Waals surface area contributed by atoms with Crippen LogP contribution in [0.3, 0.4) is 0 Å². The molecule has 8 N–H and O–H groups in total. The van der Waals surface area contributed by atoms with Crippen LogP contribution in [-0.4, -0.2) is 103 Å². The van der Waals surface area contributed by atoms with Crippen LogP contribution in [0.1, 0.15) is 26.0 Å². The van der Waals surface area contributed by atoms with Crippen molar-refractivity contribution in [3.63, 3.8) is 0 Å². The quantitative estimate of drug-likeness (QED) is 0.0636. The van der Waals surface area contributed by atoms with Crippen LogP contribution in [0.25, 0.3) is 0 Å². The molecule has 0 spiro atoms. The molecule has 1 fully saturated rings. The zero-order valence-corrected chi connectivity index (χ0v) is 25.8.